The van der Waals surface area contributed by atoms with Gasteiger partial charge in [0.15, 0.2) is 0 Å². The van der Waals surface area contributed by atoms with Crippen molar-refractivity contribution in [2.24, 2.45) is 0 Å². The van der Waals surface area contributed by atoms with Gasteiger partial charge in [-0.2, -0.15) is 16.9 Å². The molecular formula is C18H22N4O3S. The van der Waals surface area contributed by atoms with Crippen LogP contribution in [0.1, 0.15) is 23.2 Å². The molecule has 1 aliphatic heterocycles. The summed E-state index contributed by atoms with van der Waals surface area (Å²) in [6.07, 6.45) is 0.656. The molecule has 1 aliphatic rings. The van der Waals surface area contributed by atoms with Crippen LogP contribution in [0.15, 0.2) is 24.3 Å². The van der Waals surface area contributed by atoms with E-state index in [0.717, 1.165) is 34.0 Å². The molecule has 0 radical (unpaired) electrons. The molecule has 0 saturated heterocycles. The summed E-state index contributed by atoms with van der Waals surface area (Å²) in [6, 6.07) is 7.88. The van der Waals surface area contributed by atoms with Crippen molar-refractivity contribution in [1.82, 2.24) is 15.1 Å². The minimum atomic E-state index is -0.685. The second-order valence-corrected chi connectivity index (χ2v) is 7.06. The molecule has 7 nitrogen and oxygen atoms in total. The Morgan fingerprint density at radius 2 is 2.00 bits per heavy atom. The highest BCUT2D eigenvalue weighted by atomic mass is 32.2. The minimum Gasteiger partial charge on any atom is -0.385 e. The number of hydrogen-bond donors (Lipinski definition) is 2. The van der Waals surface area contributed by atoms with E-state index in [4.69, 9.17) is 4.74 Å². The summed E-state index contributed by atoms with van der Waals surface area (Å²) in [5.41, 5.74) is 3.93. The molecule has 2 N–H and O–H groups in total. The molecule has 0 spiro atoms. The van der Waals surface area contributed by atoms with Gasteiger partial charge in [-0.1, -0.05) is 17.7 Å². The number of aryl methyl sites for hydroxylation is 1. The van der Waals surface area contributed by atoms with Gasteiger partial charge in [-0.15, -0.1) is 0 Å². The van der Waals surface area contributed by atoms with Gasteiger partial charge in [0.25, 0.3) is 0 Å². The zero-order valence-corrected chi connectivity index (χ0v) is 15.7. The molecule has 0 unspecified atom stereocenters. The van der Waals surface area contributed by atoms with Gasteiger partial charge in [0.05, 0.1) is 11.4 Å². The summed E-state index contributed by atoms with van der Waals surface area (Å²) in [4.78, 5) is 24.3. The van der Waals surface area contributed by atoms with Gasteiger partial charge in [0, 0.05) is 37.3 Å². The smallest absolute Gasteiger partial charge is 0.314 e. The second-order valence-electron chi connectivity index (χ2n) is 6.07. The predicted octanol–water partition coefficient (Wildman–Crippen LogP) is 2.02. The number of amides is 2. The first-order chi connectivity index (χ1) is 12.6. The summed E-state index contributed by atoms with van der Waals surface area (Å²) in [5.74, 6) is 0.811. The molecule has 3 rings (SSSR count). The summed E-state index contributed by atoms with van der Waals surface area (Å²) in [6.45, 7) is 2.94. The maximum Gasteiger partial charge on any atom is 0.314 e. The number of aromatic nitrogens is 2. The Morgan fingerprint density at radius 3 is 2.73 bits per heavy atom. The zero-order valence-electron chi connectivity index (χ0n) is 14.9. The van der Waals surface area contributed by atoms with Crippen LogP contribution in [0.25, 0.3) is 5.69 Å². The van der Waals surface area contributed by atoms with Crippen LogP contribution >= 0.6 is 11.8 Å². The molecule has 138 valence electrons. The highest BCUT2D eigenvalue weighted by molar-refractivity contribution is 7.98. The fraction of sp³-hybridized carbons (Fsp3) is 0.389. The molecule has 1 aromatic carbocycles. The molecule has 0 aliphatic carbocycles. The number of benzene rings is 1. The Kier molecular flexibility index (Phi) is 5.95. The summed E-state index contributed by atoms with van der Waals surface area (Å²) in [7, 11) is 1.60. The Hall–Kier alpha value is -2.32. The molecule has 8 heteroatoms. The van der Waals surface area contributed by atoms with Crippen LogP contribution in [0.5, 0.6) is 0 Å². The van der Waals surface area contributed by atoms with Crippen LogP contribution < -0.4 is 10.6 Å². The number of hydrogen-bond acceptors (Lipinski definition) is 5. The molecular weight excluding hydrogens is 352 g/mol. The van der Waals surface area contributed by atoms with E-state index in [-0.39, 0.29) is 0 Å². The topological polar surface area (TPSA) is 85.2 Å². The van der Waals surface area contributed by atoms with E-state index in [1.54, 1.807) is 23.6 Å². The lowest BCUT2D eigenvalue weighted by Crippen LogP contribution is -2.36. The zero-order chi connectivity index (χ0) is 18.5. The van der Waals surface area contributed by atoms with Crippen molar-refractivity contribution in [2.45, 2.75) is 24.9 Å². The van der Waals surface area contributed by atoms with E-state index in [1.165, 1.54) is 0 Å². The van der Waals surface area contributed by atoms with Gasteiger partial charge in [0.1, 0.15) is 5.82 Å². The largest absolute Gasteiger partial charge is 0.385 e. The first-order valence-corrected chi connectivity index (χ1v) is 9.59. The lowest BCUT2D eigenvalue weighted by atomic mass is 10.2. The monoisotopic (exact) mass is 374 g/mol. The average molecular weight is 374 g/mol. The lowest BCUT2D eigenvalue weighted by Gasteiger charge is -2.11. The van der Waals surface area contributed by atoms with Crippen LogP contribution in [0.3, 0.4) is 0 Å². The molecule has 0 bridgehead atoms. The van der Waals surface area contributed by atoms with E-state index in [1.807, 2.05) is 31.2 Å². The number of ether oxygens (including phenoxy) is 1. The average Bonchev–Trinajstić information content (AvgIpc) is 3.22. The number of carbonyl (C=O) groups is 2. The third-order valence-electron chi connectivity index (χ3n) is 4.08. The standard InChI is InChI=1S/C18H22N4O3S/c1-12-4-6-13(7-5-12)22-16(14-10-26-11-15(14)21-22)20-18(24)17(23)19-8-3-9-25-2/h4-7H,3,8-11H2,1-2H3,(H,19,23)(H,20,24). The first-order valence-electron chi connectivity index (χ1n) is 8.44. The van der Waals surface area contributed by atoms with Crippen molar-refractivity contribution in [3.05, 3.63) is 41.1 Å². The Balaban J connectivity index is 1.77. The second kappa shape index (κ2) is 8.37. The fourth-order valence-corrected chi connectivity index (χ4v) is 3.71. The predicted molar refractivity (Wildman–Crippen MR) is 101 cm³/mol. The maximum atomic E-state index is 12.3. The van der Waals surface area contributed by atoms with E-state index < -0.39 is 11.8 Å². The molecule has 2 heterocycles. The van der Waals surface area contributed by atoms with Crippen LogP contribution in [0, 0.1) is 6.92 Å². The van der Waals surface area contributed by atoms with Gasteiger partial charge in [0.2, 0.25) is 0 Å². The van der Waals surface area contributed by atoms with E-state index >= 15 is 0 Å². The quantitative estimate of drug-likeness (QED) is 0.597. The Bertz CT molecular complexity index is 802. The summed E-state index contributed by atoms with van der Waals surface area (Å²) < 4.78 is 6.64. The van der Waals surface area contributed by atoms with Gasteiger partial charge in [-0.05, 0) is 25.5 Å². The van der Waals surface area contributed by atoms with Gasteiger partial charge in [-0.25, -0.2) is 4.68 Å². The van der Waals surface area contributed by atoms with Gasteiger partial charge < -0.3 is 15.4 Å². The summed E-state index contributed by atoms with van der Waals surface area (Å²) in [5, 5.41) is 9.97. The molecule has 0 atom stereocenters. The number of nitrogens with one attached hydrogen (secondary N) is 2. The van der Waals surface area contributed by atoms with Crippen molar-refractivity contribution < 1.29 is 14.3 Å². The van der Waals surface area contributed by atoms with Gasteiger partial charge >= 0.3 is 11.8 Å². The van der Waals surface area contributed by atoms with E-state index in [2.05, 4.69) is 15.7 Å². The van der Waals surface area contributed by atoms with Crippen molar-refractivity contribution in [1.29, 1.82) is 0 Å². The third-order valence-corrected chi connectivity index (χ3v) is 5.05. The molecule has 26 heavy (non-hydrogen) atoms. The number of carbonyl (C=O) groups excluding carboxylic acids is 2. The van der Waals surface area contributed by atoms with E-state index in [0.29, 0.717) is 25.4 Å². The van der Waals surface area contributed by atoms with Crippen LogP contribution in [-0.2, 0) is 25.8 Å². The number of nitrogens with zero attached hydrogens (tertiary/aromatic N) is 2. The first kappa shape index (κ1) is 18.5. The highest BCUT2D eigenvalue weighted by Gasteiger charge is 2.26. The highest BCUT2D eigenvalue weighted by Crippen LogP contribution is 2.36. The van der Waals surface area contributed by atoms with Crippen LogP contribution in [0.4, 0.5) is 5.82 Å². The lowest BCUT2D eigenvalue weighted by molar-refractivity contribution is -0.136. The van der Waals surface area contributed by atoms with Crippen molar-refractivity contribution in [3.63, 3.8) is 0 Å². The minimum absolute atomic E-state index is 0.394. The molecule has 2 amide bonds. The number of thioether (sulfide) groups is 1. The Morgan fingerprint density at radius 1 is 1.23 bits per heavy atom. The molecule has 1 aromatic heterocycles. The van der Waals surface area contributed by atoms with Crippen molar-refractivity contribution >= 4 is 29.4 Å². The fourth-order valence-electron chi connectivity index (χ4n) is 2.68. The number of methoxy groups -OCH3 is 1. The SMILES string of the molecule is COCCCNC(=O)C(=O)Nc1c2c(nn1-c1ccc(C)cc1)CSC2. The molecule has 0 fully saturated rings. The number of fused-ring (bicyclic) bond motifs is 1. The van der Waals surface area contributed by atoms with Gasteiger partial charge in [-0.3, -0.25) is 9.59 Å². The van der Waals surface area contributed by atoms with Crippen LogP contribution in [0.2, 0.25) is 0 Å². The summed E-state index contributed by atoms with van der Waals surface area (Å²) >= 11 is 1.74. The van der Waals surface area contributed by atoms with E-state index in [9.17, 15) is 9.59 Å². The normalized spacial score (nSPS) is 12.7. The maximum absolute atomic E-state index is 12.3. The number of rotatable bonds is 6. The number of anilines is 1. The molecule has 0 saturated carbocycles. The van der Waals surface area contributed by atoms with Crippen molar-refractivity contribution in [3.8, 4) is 5.69 Å². The van der Waals surface area contributed by atoms with Crippen molar-refractivity contribution in [2.75, 3.05) is 25.6 Å². The molecule has 2 aromatic rings. The third kappa shape index (κ3) is 4.08. The Labute approximate surface area is 156 Å². The van der Waals surface area contributed by atoms with Crippen LogP contribution in [-0.4, -0.2) is 41.9 Å².